The molecule has 1 heterocycles. The number of hydrogen-bond acceptors (Lipinski definition) is 1. The Morgan fingerprint density at radius 2 is 1.65 bits per heavy atom. The zero-order valence-electron chi connectivity index (χ0n) is 12.9. The second kappa shape index (κ2) is 5.54. The third-order valence-electron chi connectivity index (χ3n) is 4.23. The van der Waals surface area contributed by atoms with Crippen LogP contribution in [0.3, 0.4) is 0 Å². The molecule has 3 aromatic rings. The predicted molar refractivity (Wildman–Crippen MR) is 91.1 cm³/mol. The van der Waals surface area contributed by atoms with Crippen LogP contribution in [0.25, 0.3) is 22.3 Å². The molecule has 0 saturated carbocycles. The first-order valence-electron chi connectivity index (χ1n) is 7.85. The lowest BCUT2D eigenvalue weighted by atomic mass is 9.94. The molecule has 1 aliphatic rings. The first-order valence-corrected chi connectivity index (χ1v) is 7.85. The molecule has 23 heavy (non-hydrogen) atoms. The molecule has 1 atom stereocenters. The van der Waals surface area contributed by atoms with Gasteiger partial charge in [0.25, 0.3) is 0 Å². The van der Waals surface area contributed by atoms with Crippen LogP contribution in [0.1, 0.15) is 12.5 Å². The molecule has 2 heteroatoms. The lowest BCUT2D eigenvalue weighted by Crippen LogP contribution is -2.05. The van der Waals surface area contributed by atoms with Crippen LogP contribution >= 0.6 is 0 Å². The number of ether oxygens (including phenoxy) is 1. The van der Waals surface area contributed by atoms with Crippen LogP contribution in [0.4, 0.5) is 4.39 Å². The summed E-state index contributed by atoms with van der Waals surface area (Å²) < 4.78 is 19.7. The van der Waals surface area contributed by atoms with Gasteiger partial charge in [-0.2, -0.15) is 0 Å². The maximum Gasteiger partial charge on any atom is 0.130 e. The topological polar surface area (TPSA) is 9.23 Å². The van der Waals surface area contributed by atoms with E-state index in [0.29, 0.717) is 0 Å². The van der Waals surface area contributed by atoms with E-state index >= 15 is 0 Å². The minimum absolute atomic E-state index is 0.156. The van der Waals surface area contributed by atoms with Crippen molar-refractivity contribution in [2.24, 2.45) is 0 Å². The molecule has 3 aromatic carbocycles. The van der Waals surface area contributed by atoms with Gasteiger partial charge in [-0.25, -0.2) is 4.39 Å². The number of benzene rings is 3. The standard InChI is InChI=1S/C21H17FO/c1-14-10-18-11-17(15-6-3-2-4-7-15)13-20(21(18)23-14)16-8-5-9-19(22)12-16/h2-9,11-14H,10H2,1H3. The lowest BCUT2D eigenvalue weighted by molar-refractivity contribution is 0.255. The van der Waals surface area contributed by atoms with Gasteiger partial charge in [0.05, 0.1) is 0 Å². The molecule has 0 aromatic heterocycles. The zero-order valence-corrected chi connectivity index (χ0v) is 12.9. The van der Waals surface area contributed by atoms with Crippen LogP contribution in [0.2, 0.25) is 0 Å². The molecule has 1 aliphatic heterocycles. The van der Waals surface area contributed by atoms with Crippen molar-refractivity contribution in [1.82, 2.24) is 0 Å². The summed E-state index contributed by atoms with van der Waals surface area (Å²) in [5.74, 6) is 0.662. The van der Waals surface area contributed by atoms with Crippen molar-refractivity contribution in [2.45, 2.75) is 19.4 Å². The van der Waals surface area contributed by atoms with E-state index < -0.39 is 0 Å². The first-order chi connectivity index (χ1) is 11.2. The molecule has 0 N–H and O–H groups in total. The summed E-state index contributed by atoms with van der Waals surface area (Å²) in [6.45, 7) is 2.07. The van der Waals surface area contributed by atoms with Crippen LogP contribution in [0, 0.1) is 5.82 Å². The maximum atomic E-state index is 13.7. The van der Waals surface area contributed by atoms with Crippen molar-refractivity contribution < 1.29 is 9.13 Å². The highest BCUT2D eigenvalue weighted by atomic mass is 19.1. The quantitative estimate of drug-likeness (QED) is 0.609. The largest absolute Gasteiger partial charge is 0.489 e. The van der Waals surface area contributed by atoms with E-state index in [0.717, 1.165) is 34.4 Å². The Balaban J connectivity index is 1.92. The van der Waals surface area contributed by atoms with Crippen molar-refractivity contribution in [2.75, 3.05) is 0 Å². The van der Waals surface area contributed by atoms with Crippen molar-refractivity contribution in [1.29, 1.82) is 0 Å². The van der Waals surface area contributed by atoms with Gasteiger partial charge in [-0.05, 0) is 53.4 Å². The van der Waals surface area contributed by atoms with E-state index in [1.54, 1.807) is 12.1 Å². The smallest absolute Gasteiger partial charge is 0.130 e. The van der Waals surface area contributed by atoms with E-state index in [1.165, 1.54) is 11.6 Å². The summed E-state index contributed by atoms with van der Waals surface area (Å²) in [6, 6.07) is 21.3. The summed E-state index contributed by atoms with van der Waals surface area (Å²) in [6.07, 6.45) is 1.04. The molecule has 114 valence electrons. The highest BCUT2D eigenvalue weighted by molar-refractivity contribution is 5.80. The Morgan fingerprint density at radius 1 is 0.870 bits per heavy atom. The van der Waals surface area contributed by atoms with Gasteiger partial charge in [-0.3, -0.25) is 0 Å². The Labute approximate surface area is 135 Å². The van der Waals surface area contributed by atoms with Crippen molar-refractivity contribution >= 4 is 0 Å². The normalized spacial score (nSPS) is 16.0. The molecule has 0 radical (unpaired) electrons. The minimum atomic E-state index is -0.229. The Bertz CT molecular complexity index is 855. The van der Waals surface area contributed by atoms with Crippen LogP contribution in [-0.4, -0.2) is 6.10 Å². The highest BCUT2D eigenvalue weighted by Gasteiger charge is 2.24. The molecular weight excluding hydrogens is 287 g/mol. The van der Waals surface area contributed by atoms with Gasteiger partial charge in [0.2, 0.25) is 0 Å². The zero-order chi connectivity index (χ0) is 15.8. The molecule has 1 nitrogen and oxygen atoms in total. The van der Waals surface area contributed by atoms with Gasteiger partial charge in [0, 0.05) is 12.0 Å². The predicted octanol–water partition coefficient (Wildman–Crippen LogP) is 5.48. The molecule has 0 aliphatic carbocycles. The molecule has 0 saturated heterocycles. The van der Waals surface area contributed by atoms with Crippen LogP contribution in [0.15, 0.2) is 66.7 Å². The maximum absolute atomic E-state index is 13.7. The van der Waals surface area contributed by atoms with Gasteiger partial charge < -0.3 is 4.74 Å². The van der Waals surface area contributed by atoms with Gasteiger partial charge in [-0.15, -0.1) is 0 Å². The Hall–Kier alpha value is -2.61. The van der Waals surface area contributed by atoms with Crippen molar-refractivity contribution in [3.8, 4) is 28.0 Å². The Kier molecular flexibility index (Phi) is 3.38. The second-order valence-electron chi connectivity index (χ2n) is 6.02. The molecule has 0 bridgehead atoms. The fraction of sp³-hybridized carbons (Fsp3) is 0.143. The van der Waals surface area contributed by atoms with Gasteiger partial charge in [0.1, 0.15) is 17.7 Å². The highest BCUT2D eigenvalue weighted by Crippen LogP contribution is 2.42. The van der Waals surface area contributed by atoms with Crippen molar-refractivity contribution in [3.05, 3.63) is 78.1 Å². The summed E-state index contributed by atoms with van der Waals surface area (Å²) in [5.41, 5.74) is 5.31. The average molecular weight is 304 g/mol. The van der Waals surface area contributed by atoms with Gasteiger partial charge >= 0.3 is 0 Å². The van der Waals surface area contributed by atoms with Crippen LogP contribution < -0.4 is 4.74 Å². The van der Waals surface area contributed by atoms with E-state index in [1.807, 2.05) is 24.3 Å². The van der Waals surface area contributed by atoms with E-state index in [9.17, 15) is 4.39 Å². The molecule has 1 unspecified atom stereocenters. The summed E-state index contributed by atoms with van der Waals surface area (Å²) >= 11 is 0. The average Bonchev–Trinajstić information content (AvgIpc) is 2.95. The number of halogens is 1. The SMILES string of the molecule is CC1Cc2cc(-c3ccccc3)cc(-c3cccc(F)c3)c2O1. The molecule has 0 spiro atoms. The molecular formula is C21H17FO. The van der Waals surface area contributed by atoms with E-state index in [-0.39, 0.29) is 11.9 Å². The van der Waals surface area contributed by atoms with Gasteiger partial charge in [0.15, 0.2) is 0 Å². The van der Waals surface area contributed by atoms with E-state index in [4.69, 9.17) is 4.74 Å². The third-order valence-corrected chi connectivity index (χ3v) is 4.23. The number of fused-ring (bicyclic) bond motifs is 1. The molecule has 4 rings (SSSR count). The molecule has 0 amide bonds. The Morgan fingerprint density at radius 3 is 2.43 bits per heavy atom. The number of hydrogen-bond donors (Lipinski definition) is 0. The fourth-order valence-electron chi connectivity index (χ4n) is 3.20. The monoisotopic (exact) mass is 304 g/mol. The van der Waals surface area contributed by atoms with Crippen LogP contribution in [0.5, 0.6) is 5.75 Å². The first kappa shape index (κ1) is 14.0. The lowest BCUT2D eigenvalue weighted by Gasteiger charge is -2.12. The molecule has 0 fully saturated rings. The minimum Gasteiger partial charge on any atom is -0.489 e. The summed E-state index contributed by atoms with van der Waals surface area (Å²) in [4.78, 5) is 0. The van der Waals surface area contributed by atoms with Crippen molar-refractivity contribution in [3.63, 3.8) is 0 Å². The van der Waals surface area contributed by atoms with Gasteiger partial charge in [-0.1, -0.05) is 42.5 Å². The summed E-state index contributed by atoms with van der Waals surface area (Å²) in [7, 11) is 0. The second-order valence-corrected chi connectivity index (χ2v) is 6.02. The fourth-order valence-corrected chi connectivity index (χ4v) is 3.20. The van der Waals surface area contributed by atoms with Crippen LogP contribution in [-0.2, 0) is 6.42 Å². The third kappa shape index (κ3) is 2.61. The van der Waals surface area contributed by atoms with E-state index in [2.05, 4.69) is 31.2 Å². The summed E-state index contributed by atoms with van der Waals surface area (Å²) in [5, 5.41) is 0. The number of rotatable bonds is 2.